The number of rotatable bonds is 0. The monoisotopic (exact) mass is 237 g/mol. The van der Waals surface area contributed by atoms with Crippen molar-refractivity contribution in [3.8, 4) is 0 Å². The molecule has 3 nitrogen and oxygen atoms in total. The van der Waals surface area contributed by atoms with Gasteiger partial charge < -0.3 is 4.40 Å². The predicted molar refractivity (Wildman–Crippen MR) is 42.6 cm³/mol. The molecule has 1 N–H and O–H groups in total. The van der Waals surface area contributed by atoms with E-state index in [0.717, 1.165) is 11.5 Å². The first kappa shape index (κ1) is 9.94. The number of hydrogen-bond donors (Lipinski definition) is 1. The Morgan fingerprint density at radius 1 is 1.33 bits per heavy atom. The molecule has 0 aliphatic rings. The Kier molecular flexibility index (Phi) is 2.74. The van der Waals surface area contributed by atoms with Crippen molar-refractivity contribution in [1.29, 1.82) is 0 Å². The average Bonchev–Trinajstić information content (AvgIpc) is 2.41. The first-order chi connectivity index (χ1) is 5.20. The molecule has 2 aromatic rings. The Morgan fingerprint density at radius 3 is 2.58 bits per heavy atom. The maximum Gasteiger partial charge on any atom is 3.00 e. The molecule has 0 spiro atoms. The molecule has 0 fully saturated rings. The van der Waals surface area contributed by atoms with Gasteiger partial charge in [0, 0.05) is 5.65 Å². The van der Waals surface area contributed by atoms with E-state index in [0.29, 0.717) is 0 Å². The standard InChI is InChI=1S/C8H10N3.Y/c1-5-4-8-10-9-7(3)11(8)6(5)2;/h10H,1-3H3;/q-1;+3. The van der Waals surface area contributed by atoms with Crippen LogP contribution in [-0.2, 0) is 32.7 Å². The van der Waals surface area contributed by atoms with Gasteiger partial charge in [0.1, 0.15) is 5.82 Å². The molecule has 0 amide bonds. The third-order valence-electron chi connectivity index (χ3n) is 2.05. The van der Waals surface area contributed by atoms with Gasteiger partial charge in [-0.15, -0.1) is 5.69 Å². The topological polar surface area (TPSA) is 33.1 Å². The van der Waals surface area contributed by atoms with Crippen LogP contribution in [-0.4, -0.2) is 14.6 Å². The quantitative estimate of drug-likeness (QED) is 0.690. The Bertz CT molecular complexity index is 400. The summed E-state index contributed by atoms with van der Waals surface area (Å²) in [5.74, 6) is 0.988. The number of aromatic amines is 1. The first-order valence-electron chi connectivity index (χ1n) is 3.62. The van der Waals surface area contributed by atoms with E-state index in [1.54, 1.807) is 0 Å². The van der Waals surface area contributed by atoms with Crippen molar-refractivity contribution in [3.05, 3.63) is 23.1 Å². The smallest absolute Gasteiger partial charge is 0.383 e. The number of aryl methyl sites for hydroxylation is 3. The zero-order valence-corrected chi connectivity index (χ0v) is 10.3. The van der Waals surface area contributed by atoms with Crippen molar-refractivity contribution in [2.24, 2.45) is 0 Å². The van der Waals surface area contributed by atoms with Crippen molar-refractivity contribution in [2.75, 3.05) is 0 Å². The third kappa shape index (κ3) is 1.25. The summed E-state index contributed by atoms with van der Waals surface area (Å²) in [5.41, 5.74) is 3.35. The van der Waals surface area contributed by atoms with Gasteiger partial charge in [0.05, 0.1) is 0 Å². The van der Waals surface area contributed by atoms with Gasteiger partial charge in [0.25, 0.3) is 0 Å². The number of aromatic nitrogens is 3. The second kappa shape index (κ2) is 3.31. The summed E-state index contributed by atoms with van der Waals surface area (Å²) in [6, 6.07) is 3.19. The number of nitrogens with zero attached hydrogens (tertiary/aromatic N) is 2. The number of hydrogen-bond acceptors (Lipinski definition) is 1. The average molecular weight is 237 g/mol. The van der Waals surface area contributed by atoms with Crippen molar-refractivity contribution >= 4 is 5.65 Å². The second-order valence-corrected chi connectivity index (χ2v) is 2.79. The van der Waals surface area contributed by atoms with Crippen molar-refractivity contribution in [3.63, 3.8) is 0 Å². The molecule has 0 atom stereocenters. The van der Waals surface area contributed by atoms with Crippen molar-refractivity contribution in [2.45, 2.75) is 20.8 Å². The van der Waals surface area contributed by atoms with Gasteiger partial charge in [-0.05, 0) is 6.92 Å². The minimum absolute atomic E-state index is 0. The summed E-state index contributed by atoms with van der Waals surface area (Å²) in [5, 5.41) is 6.97. The van der Waals surface area contributed by atoms with E-state index in [2.05, 4.69) is 34.5 Å². The largest absolute Gasteiger partial charge is 3.00 e. The number of H-pyrrole nitrogens is 1. The van der Waals surface area contributed by atoms with Crippen molar-refractivity contribution in [1.82, 2.24) is 14.6 Å². The fourth-order valence-electron chi connectivity index (χ4n) is 1.33. The van der Waals surface area contributed by atoms with Crippen LogP contribution in [0.1, 0.15) is 17.1 Å². The van der Waals surface area contributed by atoms with E-state index >= 15 is 0 Å². The van der Waals surface area contributed by atoms with Gasteiger partial charge in [0.2, 0.25) is 0 Å². The molecule has 2 heterocycles. The van der Waals surface area contributed by atoms with E-state index in [4.69, 9.17) is 0 Å². The molecule has 0 aliphatic carbocycles. The van der Waals surface area contributed by atoms with Crippen LogP contribution in [0.5, 0.6) is 0 Å². The summed E-state index contributed by atoms with van der Waals surface area (Å²) < 4.78 is 2.06. The molecule has 0 aromatic carbocycles. The molecule has 2 aromatic heterocycles. The van der Waals surface area contributed by atoms with Gasteiger partial charge in [-0.1, -0.05) is 13.8 Å². The van der Waals surface area contributed by atoms with Crippen LogP contribution in [0.2, 0.25) is 0 Å². The molecule has 0 radical (unpaired) electrons. The Morgan fingerprint density at radius 2 is 2.00 bits per heavy atom. The van der Waals surface area contributed by atoms with E-state index in [1.165, 1.54) is 11.3 Å². The maximum absolute atomic E-state index is 4.06. The molecule has 0 bridgehead atoms. The molecule has 0 aliphatic heterocycles. The molecule has 0 unspecified atom stereocenters. The molecule has 2 rings (SSSR count). The van der Waals surface area contributed by atoms with Gasteiger partial charge in [0.15, 0.2) is 0 Å². The number of nitrogens with one attached hydrogen (secondary N) is 1. The maximum atomic E-state index is 4.06. The van der Waals surface area contributed by atoms with Crippen molar-refractivity contribution < 1.29 is 32.7 Å². The molecule has 58 valence electrons. The summed E-state index contributed by atoms with van der Waals surface area (Å²) in [6.07, 6.45) is 0. The van der Waals surface area contributed by atoms with Gasteiger partial charge in [-0.2, -0.15) is 5.10 Å². The fraction of sp³-hybridized carbons (Fsp3) is 0.375. The van der Waals surface area contributed by atoms with Crippen LogP contribution in [0, 0.1) is 26.8 Å². The Labute approximate surface area is 96.4 Å². The SMILES string of the molecule is Cc1[c-]c2[nH]nc(C)n2c1C.[Y+3]. The van der Waals surface area contributed by atoms with E-state index in [-0.39, 0.29) is 32.7 Å². The van der Waals surface area contributed by atoms with Crippen LogP contribution < -0.4 is 0 Å². The van der Waals surface area contributed by atoms with E-state index in [9.17, 15) is 0 Å². The van der Waals surface area contributed by atoms with Gasteiger partial charge >= 0.3 is 32.7 Å². The minimum atomic E-state index is 0. The molecule has 4 heteroatoms. The zero-order chi connectivity index (χ0) is 8.01. The second-order valence-electron chi connectivity index (χ2n) is 2.79. The molecule has 0 saturated carbocycles. The van der Waals surface area contributed by atoms with Gasteiger partial charge in [-0.3, -0.25) is 5.10 Å². The molecule has 12 heavy (non-hydrogen) atoms. The molecular formula is C8H10N3Y+2. The fourth-order valence-corrected chi connectivity index (χ4v) is 1.33. The minimum Gasteiger partial charge on any atom is -0.383 e. The molecular weight excluding hydrogens is 227 g/mol. The van der Waals surface area contributed by atoms with E-state index in [1.807, 2.05) is 6.92 Å². The van der Waals surface area contributed by atoms with Crippen LogP contribution in [0.4, 0.5) is 0 Å². The number of fused-ring (bicyclic) bond motifs is 1. The van der Waals surface area contributed by atoms with Crippen LogP contribution in [0.3, 0.4) is 0 Å². The summed E-state index contributed by atoms with van der Waals surface area (Å²) >= 11 is 0. The Hall–Kier alpha value is -0.146. The van der Waals surface area contributed by atoms with E-state index < -0.39 is 0 Å². The third-order valence-corrected chi connectivity index (χ3v) is 2.05. The van der Waals surface area contributed by atoms with Crippen LogP contribution >= 0.6 is 0 Å². The summed E-state index contributed by atoms with van der Waals surface area (Å²) in [7, 11) is 0. The summed E-state index contributed by atoms with van der Waals surface area (Å²) in [6.45, 7) is 6.10. The molecule has 0 saturated heterocycles. The predicted octanol–water partition coefficient (Wildman–Crippen LogP) is 1.39. The van der Waals surface area contributed by atoms with Crippen LogP contribution in [0.15, 0.2) is 0 Å². The van der Waals surface area contributed by atoms with Gasteiger partial charge in [-0.25, -0.2) is 11.6 Å². The first-order valence-corrected chi connectivity index (χ1v) is 3.62. The zero-order valence-electron chi connectivity index (χ0n) is 7.47. The summed E-state index contributed by atoms with van der Waals surface area (Å²) in [4.78, 5) is 0. The van der Waals surface area contributed by atoms with Crippen LogP contribution in [0.25, 0.3) is 5.65 Å². The normalized spacial score (nSPS) is 10.2. The Balaban J connectivity index is 0.000000720.